The van der Waals surface area contributed by atoms with E-state index >= 15 is 0 Å². The van der Waals surface area contributed by atoms with Crippen LogP contribution in [0.25, 0.3) is 0 Å². The van der Waals surface area contributed by atoms with Crippen LogP contribution in [0.5, 0.6) is 0 Å². The average molecular weight is 361 g/mol. The number of hydrogen-bond acceptors (Lipinski definition) is 4. The van der Waals surface area contributed by atoms with E-state index in [0.717, 1.165) is 31.9 Å². The molecule has 3 rings (SSSR count). The van der Waals surface area contributed by atoms with E-state index in [1.165, 1.54) is 6.42 Å². The van der Waals surface area contributed by atoms with Crippen molar-refractivity contribution in [2.45, 2.75) is 34.1 Å². The summed E-state index contributed by atoms with van der Waals surface area (Å²) in [6.07, 6.45) is 1.21. The van der Waals surface area contributed by atoms with Crippen LogP contribution in [0.1, 0.15) is 42.1 Å². The molecule has 0 aliphatic carbocycles. The Labute approximate surface area is 156 Å². The number of hydrogen-bond donors (Lipinski definition) is 0. The summed E-state index contributed by atoms with van der Waals surface area (Å²) >= 11 is 0. The molecular weight excluding hydrogens is 330 g/mol. The highest BCUT2D eigenvalue weighted by molar-refractivity contribution is 5.95. The molecule has 2 aliphatic rings. The molecule has 2 saturated heterocycles. The second-order valence-electron chi connectivity index (χ2n) is 8.14. The molecule has 0 bridgehead atoms. The van der Waals surface area contributed by atoms with E-state index in [9.17, 15) is 9.59 Å². The number of amides is 2. The van der Waals surface area contributed by atoms with Crippen LogP contribution in [-0.2, 0) is 4.79 Å². The Hall–Kier alpha value is -1.82. The first kappa shape index (κ1) is 19.0. The summed E-state index contributed by atoms with van der Waals surface area (Å²) in [5, 5.41) is 0. The van der Waals surface area contributed by atoms with E-state index in [1.54, 1.807) is 0 Å². The van der Waals surface area contributed by atoms with E-state index in [4.69, 9.17) is 4.42 Å². The van der Waals surface area contributed by atoms with Crippen molar-refractivity contribution in [3.8, 4) is 0 Å². The third kappa shape index (κ3) is 4.29. The summed E-state index contributed by atoms with van der Waals surface area (Å²) in [6.45, 7) is 13.1. The third-order valence-electron chi connectivity index (χ3n) is 5.51. The van der Waals surface area contributed by atoms with Gasteiger partial charge in [0.15, 0.2) is 0 Å². The number of piperidine rings is 1. The minimum atomic E-state index is 0.0315. The van der Waals surface area contributed by atoms with E-state index in [-0.39, 0.29) is 11.8 Å². The Morgan fingerprint density at radius 2 is 1.65 bits per heavy atom. The molecule has 0 aromatic carbocycles. The van der Waals surface area contributed by atoms with Crippen molar-refractivity contribution in [2.75, 3.05) is 45.8 Å². The molecule has 144 valence electrons. The zero-order valence-corrected chi connectivity index (χ0v) is 16.5. The molecule has 0 spiro atoms. The first-order valence-electron chi connectivity index (χ1n) is 9.70. The standard InChI is InChI=1S/C20H31N3O3/c1-14-9-15(2)12-23(11-14)19(24)13-21-5-7-22(8-6-21)20(25)18-10-16(3)26-17(18)4/h10,14-15H,5-9,11-13H2,1-4H3. The normalized spacial score (nSPS) is 24.8. The lowest BCUT2D eigenvalue weighted by molar-refractivity contribution is -0.135. The molecule has 2 atom stereocenters. The van der Waals surface area contributed by atoms with Crippen LogP contribution in [-0.4, -0.2) is 72.3 Å². The van der Waals surface area contributed by atoms with Crippen LogP contribution < -0.4 is 0 Å². The maximum Gasteiger partial charge on any atom is 0.257 e. The van der Waals surface area contributed by atoms with Gasteiger partial charge in [-0.05, 0) is 38.2 Å². The third-order valence-corrected chi connectivity index (χ3v) is 5.51. The zero-order valence-electron chi connectivity index (χ0n) is 16.5. The smallest absolute Gasteiger partial charge is 0.257 e. The first-order chi connectivity index (χ1) is 12.3. The van der Waals surface area contributed by atoms with Gasteiger partial charge in [-0.2, -0.15) is 0 Å². The zero-order chi connectivity index (χ0) is 18.8. The number of carbonyl (C=O) groups excluding carboxylic acids is 2. The van der Waals surface area contributed by atoms with Crippen molar-refractivity contribution in [3.05, 3.63) is 23.2 Å². The predicted octanol–water partition coefficient (Wildman–Crippen LogP) is 2.16. The van der Waals surface area contributed by atoms with Gasteiger partial charge in [-0.25, -0.2) is 0 Å². The molecule has 6 heteroatoms. The summed E-state index contributed by atoms with van der Waals surface area (Å²) in [4.78, 5) is 31.3. The topological polar surface area (TPSA) is 57.0 Å². The molecule has 1 aromatic heterocycles. The van der Waals surface area contributed by atoms with Gasteiger partial charge in [0.05, 0.1) is 12.1 Å². The largest absolute Gasteiger partial charge is 0.466 e. The van der Waals surface area contributed by atoms with Gasteiger partial charge in [0.2, 0.25) is 5.91 Å². The fourth-order valence-electron chi connectivity index (χ4n) is 4.28. The predicted molar refractivity (Wildman–Crippen MR) is 100 cm³/mol. The number of aryl methyl sites for hydroxylation is 2. The van der Waals surface area contributed by atoms with Crippen LogP contribution >= 0.6 is 0 Å². The second-order valence-corrected chi connectivity index (χ2v) is 8.14. The molecule has 0 N–H and O–H groups in total. The van der Waals surface area contributed by atoms with Crippen molar-refractivity contribution >= 4 is 11.8 Å². The molecule has 2 unspecified atom stereocenters. The Morgan fingerprint density at radius 3 is 2.19 bits per heavy atom. The average Bonchev–Trinajstić information content (AvgIpc) is 2.92. The highest BCUT2D eigenvalue weighted by Gasteiger charge is 2.29. The number of piperazine rings is 1. The summed E-state index contributed by atoms with van der Waals surface area (Å²) < 4.78 is 5.48. The number of carbonyl (C=O) groups is 2. The maximum absolute atomic E-state index is 12.7. The summed E-state index contributed by atoms with van der Waals surface area (Å²) in [7, 11) is 0. The Bertz CT molecular complexity index is 651. The fourth-order valence-corrected chi connectivity index (χ4v) is 4.28. The molecule has 3 heterocycles. The highest BCUT2D eigenvalue weighted by Crippen LogP contribution is 2.21. The summed E-state index contributed by atoms with van der Waals surface area (Å²) in [6, 6.07) is 1.81. The van der Waals surface area contributed by atoms with Gasteiger partial charge >= 0.3 is 0 Å². The number of rotatable bonds is 3. The van der Waals surface area contributed by atoms with Gasteiger partial charge in [-0.3, -0.25) is 14.5 Å². The van der Waals surface area contributed by atoms with Gasteiger partial charge in [0, 0.05) is 39.3 Å². The van der Waals surface area contributed by atoms with Gasteiger partial charge in [0.1, 0.15) is 11.5 Å². The van der Waals surface area contributed by atoms with Crippen LogP contribution in [0, 0.1) is 25.7 Å². The first-order valence-corrected chi connectivity index (χ1v) is 9.70. The quantitative estimate of drug-likeness (QED) is 0.828. The SMILES string of the molecule is Cc1cc(C(=O)N2CCN(CC(=O)N3CC(C)CC(C)C3)CC2)c(C)o1. The molecule has 0 radical (unpaired) electrons. The number of furan rings is 1. The van der Waals surface area contributed by atoms with Crippen molar-refractivity contribution < 1.29 is 14.0 Å². The summed E-state index contributed by atoms with van der Waals surface area (Å²) in [5.41, 5.74) is 0.656. The fraction of sp³-hybridized carbons (Fsp3) is 0.700. The van der Waals surface area contributed by atoms with Gasteiger partial charge < -0.3 is 14.2 Å². The van der Waals surface area contributed by atoms with Crippen molar-refractivity contribution in [2.24, 2.45) is 11.8 Å². The molecular formula is C20H31N3O3. The van der Waals surface area contributed by atoms with Crippen LogP contribution in [0.4, 0.5) is 0 Å². The molecule has 2 amide bonds. The lowest BCUT2D eigenvalue weighted by atomic mass is 9.92. The molecule has 2 aliphatic heterocycles. The van der Waals surface area contributed by atoms with E-state index in [2.05, 4.69) is 18.7 Å². The van der Waals surface area contributed by atoms with Gasteiger partial charge in [-0.1, -0.05) is 13.8 Å². The van der Waals surface area contributed by atoms with E-state index in [0.29, 0.717) is 42.8 Å². The Kier molecular flexibility index (Phi) is 5.70. The van der Waals surface area contributed by atoms with Crippen molar-refractivity contribution in [3.63, 3.8) is 0 Å². The van der Waals surface area contributed by atoms with Gasteiger partial charge in [0.25, 0.3) is 5.91 Å². The molecule has 0 saturated carbocycles. The Balaban J connectivity index is 1.50. The Morgan fingerprint density at radius 1 is 1.04 bits per heavy atom. The minimum absolute atomic E-state index is 0.0315. The van der Waals surface area contributed by atoms with E-state index < -0.39 is 0 Å². The highest BCUT2D eigenvalue weighted by atomic mass is 16.3. The van der Waals surface area contributed by atoms with Crippen LogP contribution in [0.3, 0.4) is 0 Å². The monoisotopic (exact) mass is 361 g/mol. The van der Waals surface area contributed by atoms with Crippen LogP contribution in [0.15, 0.2) is 10.5 Å². The van der Waals surface area contributed by atoms with Crippen molar-refractivity contribution in [1.29, 1.82) is 0 Å². The lowest BCUT2D eigenvalue weighted by Crippen LogP contribution is -2.53. The van der Waals surface area contributed by atoms with Crippen molar-refractivity contribution in [1.82, 2.24) is 14.7 Å². The van der Waals surface area contributed by atoms with Crippen LogP contribution in [0.2, 0.25) is 0 Å². The second kappa shape index (κ2) is 7.82. The lowest BCUT2D eigenvalue weighted by Gasteiger charge is -2.38. The number of likely N-dealkylation sites (tertiary alicyclic amines) is 1. The number of nitrogens with zero attached hydrogens (tertiary/aromatic N) is 3. The van der Waals surface area contributed by atoms with Gasteiger partial charge in [-0.15, -0.1) is 0 Å². The molecule has 2 fully saturated rings. The minimum Gasteiger partial charge on any atom is -0.466 e. The maximum atomic E-state index is 12.7. The van der Waals surface area contributed by atoms with E-state index in [1.807, 2.05) is 29.7 Å². The molecule has 1 aromatic rings. The summed E-state index contributed by atoms with van der Waals surface area (Å²) in [5.74, 6) is 2.87. The molecule has 26 heavy (non-hydrogen) atoms. The molecule has 6 nitrogen and oxygen atoms in total.